The fraction of sp³-hybridized carbons (Fsp3) is 0.533. The third kappa shape index (κ3) is 3.15. The molecule has 6 nitrogen and oxygen atoms in total. The van der Waals surface area contributed by atoms with Crippen molar-refractivity contribution >= 4 is 17.5 Å². The number of aryl methyl sites for hydroxylation is 1. The quantitative estimate of drug-likeness (QED) is 0.898. The highest BCUT2D eigenvalue weighted by Gasteiger charge is 2.35. The average molecular weight is 291 g/mol. The summed E-state index contributed by atoms with van der Waals surface area (Å²) in [5, 5.41) is 2.66. The van der Waals surface area contributed by atoms with Crippen molar-refractivity contribution in [2.45, 2.75) is 32.7 Å². The fourth-order valence-corrected chi connectivity index (χ4v) is 2.67. The summed E-state index contributed by atoms with van der Waals surface area (Å²) in [5.74, 6) is -0.312. The van der Waals surface area contributed by atoms with E-state index in [1.165, 1.54) is 4.57 Å². The molecule has 2 amide bonds. The molecular formula is C15H21N3O3. The molecule has 1 aromatic heterocycles. The highest BCUT2D eigenvalue weighted by atomic mass is 16.2. The van der Waals surface area contributed by atoms with Gasteiger partial charge in [-0.25, -0.2) is 0 Å². The van der Waals surface area contributed by atoms with Gasteiger partial charge in [0.25, 0.3) is 5.56 Å². The van der Waals surface area contributed by atoms with E-state index in [1.54, 1.807) is 30.3 Å². The van der Waals surface area contributed by atoms with Gasteiger partial charge in [0.05, 0.1) is 0 Å². The van der Waals surface area contributed by atoms with Gasteiger partial charge in [0.1, 0.15) is 11.7 Å². The van der Waals surface area contributed by atoms with Gasteiger partial charge in [-0.2, -0.15) is 0 Å². The topological polar surface area (TPSA) is 71.4 Å². The summed E-state index contributed by atoms with van der Waals surface area (Å²) in [7, 11) is 1.63. The van der Waals surface area contributed by atoms with Crippen LogP contribution in [0.3, 0.4) is 0 Å². The highest BCUT2D eigenvalue weighted by Crippen LogP contribution is 2.20. The molecule has 0 bridgehead atoms. The molecule has 1 aromatic rings. The third-order valence-electron chi connectivity index (χ3n) is 3.73. The second-order valence-electron chi connectivity index (χ2n) is 5.71. The summed E-state index contributed by atoms with van der Waals surface area (Å²) in [5.41, 5.74) is -0.0246. The van der Waals surface area contributed by atoms with E-state index in [-0.39, 0.29) is 29.0 Å². The number of carbonyl (C=O) groups excluding carboxylic acids is 2. The Labute approximate surface area is 123 Å². The predicted molar refractivity (Wildman–Crippen MR) is 79.9 cm³/mol. The lowest BCUT2D eigenvalue weighted by Crippen LogP contribution is -2.48. The highest BCUT2D eigenvalue weighted by molar-refractivity contribution is 5.97. The molecule has 1 atom stereocenters. The number of hydrogen-bond donors (Lipinski definition) is 1. The number of likely N-dealkylation sites (tertiary alicyclic amines) is 1. The van der Waals surface area contributed by atoms with Gasteiger partial charge < -0.3 is 14.8 Å². The number of aromatic nitrogens is 1. The first-order valence-electron chi connectivity index (χ1n) is 7.18. The standard InChI is InChI=1S/C15H21N3O3/c1-10(2)13(18-9-5-7-12(18)19)14(20)16-11-6-4-8-17(3)15(11)21/h4,6,8,10,13H,5,7,9H2,1-3H3,(H,16,20)/t13-/m0/s1. The minimum atomic E-state index is -0.537. The molecule has 0 aromatic carbocycles. The lowest BCUT2D eigenvalue weighted by atomic mass is 10.0. The van der Waals surface area contributed by atoms with Crippen molar-refractivity contribution in [1.82, 2.24) is 9.47 Å². The molecular weight excluding hydrogens is 270 g/mol. The summed E-state index contributed by atoms with van der Waals surface area (Å²) < 4.78 is 1.40. The summed E-state index contributed by atoms with van der Waals surface area (Å²) in [6.07, 6.45) is 2.90. The van der Waals surface area contributed by atoms with Crippen molar-refractivity contribution in [3.63, 3.8) is 0 Å². The first-order chi connectivity index (χ1) is 9.91. The maximum Gasteiger partial charge on any atom is 0.274 e. The van der Waals surface area contributed by atoms with E-state index >= 15 is 0 Å². The van der Waals surface area contributed by atoms with E-state index in [0.717, 1.165) is 6.42 Å². The molecule has 1 saturated heterocycles. The lowest BCUT2D eigenvalue weighted by Gasteiger charge is -2.29. The van der Waals surface area contributed by atoms with Gasteiger partial charge in [-0.05, 0) is 24.5 Å². The first-order valence-corrected chi connectivity index (χ1v) is 7.18. The van der Waals surface area contributed by atoms with Gasteiger partial charge >= 0.3 is 0 Å². The molecule has 2 heterocycles. The Morgan fingerprint density at radius 3 is 2.62 bits per heavy atom. The molecule has 21 heavy (non-hydrogen) atoms. The fourth-order valence-electron chi connectivity index (χ4n) is 2.67. The van der Waals surface area contributed by atoms with Crippen LogP contribution in [-0.2, 0) is 16.6 Å². The van der Waals surface area contributed by atoms with Gasteiger partial charge in [0.15, 0.2) is 0 Å². The van der Waals surface area contributed by atoms with Crippen molar-refractivity contribution in [1.29, 1.82) is 0 Å². The summed E-state index contributed by atoms with van der Waals surface area (Å²) in [6.45, 7) is 4.40. The van der Waals surface area contributed by atoms with Gasteiger partial charge in [-0.3, -0.25) is 14.4 Å². The molecule has 0 saturated carbocycles. The van der Waals surface area contributed by atoms with Crippen molar-refractivity contribution in [3.05, 3.63) is 28.7 Å². The molecule has 0 aliphatic carbocycles. The normalized spacial score (nSPS) is 16.4. The molecule has 0 unspecified atom stereocenters. The zero-order valence-electron chi connectivity index (χ0n) is 12.6. The van der Waals surface area contributed by atoms with E-state index in [4.69, 9.17) is 0 Å². The Hall–Kier alpha value is -2.11. The third-order valence-corrected chi connectivity index (χ3v) is 3.73. The zero-order chi connectivity index (χ0) is 15.6. The number of nitrogens with one attached hydrogen (secondary N) is 1. The number of hydrogen-bond acceptors (Lipinski definition) is 3. The molecule has 1 aliphatic rings. The number of rotatable bonds is 4. The van der Waals surface area contributed by atoms with E-state index in [2.05, 4.69) is 5.32 Å². The Bertz CT molecular complexity index is 606. The Morgan fingerprint density at radius 2 is 2.05 bits per heavy atom. The minimum absolute atomic E-state index is 0.00446. The van der Waals surface area contributed by atoms with E-state index < -0.39 is 6.04 Å². The van der Waals surface area contributed by atoms with Crippen LogP contribution in [0.4, 0.5) is 5.69 Å². The number of pyridine rings is 1. The van der Waals surface area contributed by atoms with Crippen LogP contribution >= 0.6 is 0 Å². The van der Waals surface area contributed by atoms with Crippen molar-refractivity contribution in [3.8, 4) is 0 Å². The Morgan fingerprint density at radius 1 is 1.33 bits per heavy atom. The number of nitrogens with zero attached hydrogens (tertiary/aromatic N) is 2. The Kier molecular flexibility index (Phi) is 4.45. The average Bonchev–Trinajstić information content (AvgIpc) is 2.81. The van der Waals surface area contributed by atoms with Crippen molar-refractivity contribution in [2.75, 3.05) is 11.9 Å². The SMILES string of the molecule is CC(C)[C@@H](C(=O)Nc1cccn(C)c1=O)N1CCCC1=O. The first kappa shape index (κ1) is 15.3. The lowest BCUT2D eigenvalue weighted by molar-refractivity contribution is -0.136. The van der Waals surface area contributed by atoms with Crippen LogP contribution in [0.1, 0.15) is 26.7 Å². The summed E-state index contributed by atoms with van der Waals surface area (Å²) in [6, 6.07) is 2.73. The van der Waals surface area contributed by atoms with Crippen LogP contribution in [0, 0.1) is 5.92 Å². The van der Waals surface area contributed by atoms with Crippen LogP contribution in [0.25, 0.3) is 0 Å². The van der Waals surface area contributed by atoms with Gasteiger partial charge in [-0.1, -0.05) is 13.8 Å². The second-order valence-corrected chi connectivity index (χ2v) is 5.71. The van der Waals surface area contributed by atoms with E-state index in [9.17, 15) is 14.4 Å². The Balaban J connectivity index is 2.21. The monoisotopic (exact) mass is 291 g/mol. The van der Waals surface area contributed by atoms with Gasteiger partial charge in [0.2, 0.25) is 11.8 Å². The molecule has 1 aliphatic heterocycles. The molecule has 1 N–H and O–H groups in total. The summed E-state index contributed by atoms with van der Waals surface area (Å²) >= 11 is 0. The number of anilines is 1. The van der Waals surface area contributed by atoms with Gasteiger partial charge in [0, 0.05) is 26.2 Å². The number of amides is 2. The molecule has 0 spiro atoms. The van der Waals surface area contributed by atoms with Crippen molar-refractivity contribution < 1.29 is 9.59 Å². The maximum atomic E-state index is 12.5. The zero-order valence-corrected chi connectivity index (χ0v) is 12.6. The van der Waals surface area contributed by atoms with Crippen LogP contribution in [-0.4, -0.2) is 33.9 Å². The van der Waals surface area contributed by atoms with Crippen LogP contribution in [0.15, 0.2) is 23.1 Å². The summed E-state index contributed by atoms with van der Waals surface area (Å²) in [4.78, 5) is 37.9. The smallest absolute Gasteiger partial charge is 0.274 e. The molecule has 2 rings (SSSR count). The van der Waals surface area contributed by atoms with Crippen LogP contribution in [0.5, 0.6) is 0 Å². The molecule has 114 valence electrons. The van der Waals surface area contributed by atoms with E-state index in [1.807, 2.05) is 13.8 Å². The van der Waals surface area contributed by atoms with Gasteiger partial charge in [-0.15, -0.1) is 0 Å². The minimum Gasteiger partial charge on any atom is -0.330 e. The van der Waals surface area contributed by atoms with E-state index in [0.29, 0.717) is 13.0 Å². The second kappa shape index (κ2) is 6.11. The largest absolute Gasteiger partial charge is 0.330 e. The van der Waals surface area contributed by atoms with Crippen LogP contribution in [0.2, 0.25) is 0 Å². The maximum absolute atomic E-state index is 12.5. The predicted octanol–water partition coefficient (Wildman–Crippen LogP) is 0.971. The number of carbonyl (C=O) groups is 2. The molecule has 0 radical (unpaired) electrons. The van der Waals surface area contributed by atoms with Crippen molar-refractivity contribution in [2.24, 2.45) is 13.0 Å². The molecule has 6 heteroatoms. The molecule has 1 fully saturated rings. The van der Waals surface area contributed by atoms with Crippen LogP contribution < -0.4 is 10.9 Å².